The van der Waals surface area contributed by atoms with Gasteiger partial charge in [-0.3, -0.25) is 9.59 Å². The van der Waals surface area contributed by atoms with Gasteiger partial charge in [-0.25, -0.2) is 4.79 Å². The Bertz CT molecular complexity index is 566. The van der Waals surface area contributed by atoms with Gasteiger partial charge in [0, 0.05) is 17.8 Å². The number of amides is 3. The maximum absolute atomic E-state index is 11.7. The molecule has 3 amide bonds. The second-order valence-electron chi connectivity index (χ2n) is 4.84. The summed E-state index contributed by atoms with van der Waals surface area (Å²) in [5, 5.41) is 14.0. The molecule has 0 radical (unpaired) electrons. The van der Waals surface area contributed by atoms with Crippen LogP contribution in [0.15, 0.2) is 24.3 Å². The van der Waals surface area contributed by atoms with Crippen molar-refractivity contribution in [2.24, 2.45) is 11.1 Å². The Morgan fingerprint density at radius 1 is 1.30 bits per heavy atom. The number of carbonyl (C=O) groups is 3. The molecule has 0 heterocycles. The van der Waals surface area contributed by atoms with E-state index in [1.54, 1.807) is 12.1 Å². The molecule has 0 saturated heterocycles. The van der Waals surface area contributed by atoms with Gasteiger partial charge in [0.05, 0.1) is 5.41 Å². The van der Waals surface area contributed by atoms with Gasteiger partial charge in [-0.15, -0.1) is 0 Å². The van der Waals surface area contributed by atoms with E-state index >= 15 is 0 Å². The van der Waals surface area contributed by atoms with E-state index in [1.807, 2.05) is 0 Å². The number of nitrogens with two attached hydrogens (primary N) is 1. The molecule has 20 heavy (non-hydrogen) atoms. The van der Waals surface area contributed by atoms with E-state index in [9.17, 15) is 14.4 Å². The largest absolute Gasteiger partial charge is 0.481 e. The van der Waals surface area contributed by atoms with Crippen molar-refractivity contribution in [2.75, 3.05) is 11.9 Å². The lowest BCUT2D eigenvalue weighted by Crippen LogP contribution is -2.36. The van der Waals surface area contributed by atoms with Crippen LogP contribution in [-0.2, 0) is 4.79 Å². The van der Waals surface area contributed by atoms with E-state index in [0.29, 0.717) is 18.5 Å². The first kappa shape index (κ1) is 13.9. The number of carboxylic acid groups (broad SMARTS) is 1. The number of aliphatic carboxylic acids is 1. The lowest BCUT2D eigenvalue weighted by Gasteiger charge is -2.12. The third kappa shape index (κ3) is 3.05. The second kappa shape index (κ2) is 5.20. The zero-order valence-corrected chi connectivity index (χ0v) is 10.7. The van der Waals surface area contributed by atoms with E-state index in [1.165, 1.54) is 12.1 Å². The highest BCUT2D eigenvalue weighted by molar-refractivity contribution is 5.96. The smallest absolute Gasteiger partial charge is 0.319 e. The Morgan fingerprint density at radius 3 is 2.55 bits per heavy atom. The molecular weight excluding hydrogens is 262 g/mol. The summed E-state index contributed by atoms with van der Waals surface area (Å²) in [5.74, 6) is -1.48. The highest BCUT2D eigenvalue weighted by Crippen LogP contribution is 2.45. The van der Waals surface area contributed by atoms with Gasteiger partial charge in [0.25, 0.3) is 0 Å². The fourth-order valence-electron chi connectivity index (χ4n) is 1.79. The number of nitrogens with one attached hydrogen (secondary N) is 2. The number of anilines is 1. The van der Waals surface area contributed by atoms with E-state index in [-0.39, 0.29) is 12.1 Å². The number of primary amides is 1. The third-order valence-corrected chi connectivity index (χ3v) is 3.30. The lowest BCUT2D eigenvalue weighted by atomic mass is 10.1. The number of rotatable bonds is 5. The van der Waals surface area contributed by atoms with Crippen LogP contribution < -0.4 is 16.4 Å². The molecule has 0 unspecified atom stereocenters. The van der Waals surface area contributed by atoms with Crippen molar-refractivity contribution in [1.29, 1.82) is 0 Å². The quantitative estimate of drug-likeness (QED) is 0.635. The molecule has 1 fully saturated rings. The molecule has 0 atom stereocenters. The number of carboxylic acids is 1. The Morgan fingerprint density at radius 2 is 2.00 bits per heavy atom. The topological polar surface area (TPSA) is 122 Å². The fourth-order valence-corrected chi connectivity index (χ4v) is 1.79. The molecule has 1 saturated carbocycles. The van der Waals surface area contributed by atoms with Gasteiger partial charge in [0.1, 0.15) is 0 Å². The van der Waals surface area contributed by atoms with Crippen molar-refractivity contribution in [3.8, 4) is 0 Å². The van der Waals surface area contributed by atoms with Crippen molar-refractivity contribution >= 4 is 23.6 Å². The average molecular weight is 277 g/mol. The van der Waals surface area contributed by atoms with Crippen LogP contribution in [-0.4, -0.2) is 29.6 Å². The predicted molar refractivity (Wildman–Crippen MR) is 71.3 cm³/mol. The third-order valence-electron chi connectivity index (χ3n) is 3.30. The van der Waals surface area contributed by atoms with Crippen LogP contribution in [0.25, 0.3) is 0 Å². The molecule has 1 aliphatic carbocycles. The summed E-state index contributed by atoms with van der Waals surface area (Å²) in [6.45, 7) is 0.0870. The number of hydrogen-bond acceptors (Lipinski definition) is 3. The zero-order valence-electron chi connectivity index (χ0n) is 10.7. The van der Waals surface area contributed by atoms with Crippen molar-refractivity contribution in [2.45, 2.75) is 12.8 Å². The summed E-state index contributed by atoms with van der Waals surface area (Å²) in [4.78, 5) is 33.6. The van der Waals surface area contributed by atoms with E-state index in [2.05, 4.69) is 10.6 Å². The Kier molecular flexibility index (Phi) is 3.60. The minimum Gasteiger partial charge on any atom is -0.481 e. The molecule has 1 aromatic rings. The van der Waals surface area contributed by atoms with Gasteiger partial charge in [-0.1, -0.05) is 6.07 Å². The summed E-state index contributed by atoms with van der Waals surface area (Å²) >= 11 is 0. The van der Waals surface area contributed by atoms with Crippen molar-refractivity contribution in [3.05, 3.63) is 29.8 Å². The predicted octanol–water partition coefficient (Wildman–Crippen LogP) is 0.772. The van der Waals surface area contributed by atoms with Gasteiger partial charge in [0.2, 0.25) is 5.91 Å². The van der Waals surface area contributed by atoms with Crippen molar-refractivity contribution in [1.82, 2.24) is 5.32 Å². The monoisotopic (exact) mass is 277 g/mol. The molecule has 0 spiro atoms. The normalized spacial score (nSPS) is 15.2. The molecule has 1 aliphatic rings. The first-order valence-corrected chi connectivity index (χ1v) is 6.11. The Hall–Kier alpha value is -2.57. The zero-order chi connectivity index (χ0) is 14.8. The van der Waals surface area contributed by atoms with Gasteiger partial charge >= 0.3 is 12.0 Å². The molecule has 7 nitrogen and oxygen atoms in total. The molecule has 1 aromatic carbocycles. The van der Waals surface area contributed by atoms with E-state index < -0.39 is 23.3 Å². The molecule has 0 aliphatic heterocycles. The Balaban J connectivity index is 1.90. The standard InChI is InChI=1S/C13H15N3O4/c14-10(17)8-2-1-3-9(6-8)16-12(20)15-7-13(4-5-13)11(18)19/h1-3,6H,4-5,7H2,(H2,14,17)(H,18,19)(H2,15,16,20). The maximum Gasteiger partial charge on any atom is 0.319 e. The SMILES string of the molecule is NC(=O)c1cccc(NC(=O)NCC2(C(=O)O)CC2)c1. The molecule has 106 valence electrons. The van der Waals surface area contributed by atoms with Crippen molar-refractivity contribution < 1.29 is 19.5 Å². The summed E-state index contributed by atoms with van der Waals surface area (Å²) in [6.07, 6.45) is 1.14. The van der Waals surface area contributed by atoms with Gasteiger partial charge in [-0.2, -0.15) is 0 Å². The minimum atomic E-state index is -0.895. The van der Waals surface area contributed by atoms with Gasteiger partial charge in [0.15, 0.2) is 0 Å². The first-order chi connectivity index (χ1) is 9.43. The van der Waals surface area contributed by atoms with Crippen molar-refractivity contribution in [3.63, 3.8) is 0 Å². The molecule has 5 N–H and O–H groups in total. The van der Waals surface area contributed by atoms with Gasteiger partial charge in [-0.05, 0) is 31.0 Å². The average Bonchev–Trinajstić information content (AvgIpc) is 3.18. The number of carbonyl (C=O) groups excluding carboxylic acids is 2. The summed E-state index contributed by atoms with van der Waals surface area (Å²) in [5.41, 5.74) is 5.03. The summed E-state index contributed by atoms with van der Waals surface area (Å²) in [7, 11) is 0. The van der Waals surface area contributed by atoms with Crippen LogP contribution in [0.4, 0.5) is 10.5 Å². The Labute approximate surface area is 115 Å². The number of urea groups is 1. The molecule has 0 aromatic heterocycles. The highest BCUT2D eigenvalue weighted by Gasteiger charge is 2.50. The number of benzene rings is 1. The molecule has 2 rings (SSSR count). The lowest BCUT2D eigenvalue weighted by molar-refractivity contribution is -0.143. The van der Waals surface area contributed by atoms with Crippen LogP contribution >= 0.6 is 0 Å². The first-order valence-electron chi connectivity index (χ1n) is 6.11. The minimum absolute atomic E-state index is 0.0870. The molecule has 0 bridgehead atoms. The van der Waals surface area contributed by atoms with Crippen LogP contribution in [0.2, 0.25) is 0 Å². The van der Waals surface area contributed by atoms with Crippen LogP contribution in [0.3, 0.4) is 0 Å². The van der Waals surface area contributed by atoms with Crippen LogP contribution in [0.5, 0.6) is 0 Å². The van der Waals surface area contributed by atoms with E-state index in [4.69, 9.17) is 10.8 Å². The molecular formula is C13H15N3O4. The van der Waals surface area contributed by atoms with E-state index in [0.717, 1.165) is 0 Å². The highest BCUT2D eigenvalue weighted by atomic mass is 16.4. The van der Waals surface area contributed by atoms with Crippen LogP contribution in [0, 0.1) is 5.41 Å². The summed E-state index contributed by atoms with van der Waals surface area (Å²) in [6, 6.07) is 5.67. The second-order valence-corrected chi connectivity index (χ2v) is 4.84. The molecule has 7 heteroatoms. The fraction of sp³-hybridized carbons (Fsp3) is 0.308. The number of hydrogen-bond donors (Lipinski definition) is 4. The van der Waals surface area contributed by atoms with Crippen LogP contribution in [0.1, 0.15) is 23.2 Å². The maximum atomic E-state index is 11.7. The summed E-state index contributed by atoms with van der Waals surface area (Å²) < 4.78 is 0. The van der Waals surface area contributed by atoms with Gasteiger partial charge < -0.3 is 21.5 Å².